The molecule has 1 fully saturated rings. The van der Waals surface area contributed by atoms with Gasteiger partial charge in [0.05, 0.1) is 6.21 Å². The minimum Gasteiger partial charge on any atom is -0.454 e. The number of aliphatic hydroxyl groups is 3. The molecule has 0 saturated carbocycles. The standard InChI is InChI=1S/C12H13N3O6/c16-7(10-8(17)9(18)12(20)21-10)5-14-15-11(19)6-1-3-13-4-2-6/h1-5,7-10,16-18H,(H,15,19)/b14-5+/t7-,8-,9+,10-/m1/s1. The third-order valence-electron chi connectivity index (χ3n) is 2.83. The molecule has 1 saturated heterocycles. The second-order valence-corrected chi connectivity index (χ2v) is 4.28. The van der Waals surface area contributed by atoms with Crippen LogP contribution < -0.4 is 5.43 Å². The van der Waals surface area contributed by atoms with E-state index in [1.165, 1.54) is 24.5 Å². The number of aliphatic hydroxyl groups excluding tert-OH is 3. The molecule has 21 heavy (non-hydrogen) atoms. The quantitative estimate of drug-likeness (QED) is 0.281. The molecular formula is C12H13N3O6. The van der Waals surface area contributed by atoms with E-state index in [0.29, 0.717) is 5.56 Å². The number of hydrogen-bond acceptors (Lipinski definition) is 8. The summed E-state index contributed by atoms with van der Waals surface area (Å²) in [6, 6.07) is 2.94. The fraction of sp³-hybridized carbons (Fsp3) is 0.333. The molecule has 0 spiro atoms. The normalized spacial score (nSPS) is 26.6. The van der Waals surface area contributed by atoms with Crippen molar-refractivity contribution in [1.29, 1.82) is 0 Å². The van der Waals surface area contributed by atoms with Crippen molar-refractivity contribution in [2.45, 2.75) is 24.4 Å². The molecule has 2 rings (SSSR count). The van der Waals surface area contributed by atoms with Gasteiger partial charge in [0.1, 0.15) is 12.2 Å². The lowest BCUT2D eigenvalue weighted by atomic mass is 10.1. The van der Waals surface area contributed by atoms with Gasteiger partial charge in [-0.05, 0) is 12.1 Å². The van der Waals surface area contributed by atoms with Crippen LogP contribution in [-0.2, 0) is 9.53 Å². The van der Waals surface area contributed by atoms with Crippen LogP contribution in [0, 0.1) is 0 Å². The maximum Gasteiger partial charge on any atom is 0.338 e. The summed E-state index contributed by atoms with van der Waals surface area (Å²) >= 11 is 0. The molecule has 0 unspecified atom stereocenters. The topological polar surface area (TPSA) is 141 Å². The first kappa shape index (κ1) is 15.0. The van der Waals surface area contributed by atoms with Crippen molar-refractivity contribution in [3.63, 3.8) is 0 Å². The predicted octanol–water partition coefficient (Wildman–Crippen LogP) is -2.19. The van der Waals surface area contributed by atoms with E-state index in [-0.39, 0.29) is 0 Å². The molecule has 1 aliphatic heterocycles. The van der Waals surface area contributed by atoms with E-state index in [9.17, 15) is 24.9 Å². The number of cyclic esters (lactones) is 1. The Labute approximate surface area is 118 Å². The Hall–Kier alpha value is -2.36. The predicted molar refractivity (Wildman–Crippen MR) is 68.1 cm³/mol. The third kappa shape index (κ3) is 3.40. The molecule has 4 N–H and O–H groups in total. The second-order valence-electron chi connectivity index (χ2n) is 4.28. The number of ether oxygens (including phenoxy) is 1. The highest BCUT2D eigenvalue weighted by atomic mass is 16.6. The maximum atomic E-state index is 11.6. The van der Waals surface area contributed by atoms with Crippen molar-refractivity contribution in [2.75, 3.05) is 0 Å². The number of carbonyl (C=O) groups excluding carboxylic acids is 2. The minimum absolute atomic E-state index is 0.319. The maximum absolute atomic E-state index is 11.6. The van der Waals surface area contributed by atoms with Gasteiger partial charge in [0, 0.05) is 18.0 Å². The molecule has 1 aliphatic rings. The molecule has 4 atom stereocenters. The average Bonchev–Trinajstić information content (AvgIpc) is 2.75. The lowest BCUT2D eigenvalue weighted by Gasteiger charge is -2.16. The van der Waals surface area contributed by atoms with Crippen LogP contribution in [0.1, 0.15) is 10.4 Å². The largest absolute Gasteiger partial charge is 0.454 e. The van der Waals surface area contributed by atoms with Crippen LogP contribution in [0.4, 0.5) is 0 Å². The minimum atomic E-state index is -1.70. The average molecular weight is 295 g/mol. The molecule has 9 nitrogen and oxygen atoms in total. The van der Waals surface area contributed by atoms with Crippen molar-refractivity contribution < 1.29 is 29.6 Å². The molecule has 1 aromatic heterocycles. The Kier molecular flexibility index (Phi) is 4.58. The van der Waals surface area contributed by atoms with Gasteiger partial charge in [-0.15, -0.1) is 0 Å². The Bertz CT molecular complexity index is 549. The number of nitrogens with one attached hydrogen (secondary N) is 1. The Morgan fingerprint density at radius 2 is 2.10 bits per heavy atom. The lowest BCUT2D eigenvalue weighted by molar-refractivity contribution is -0.149. The van der Waals surface area contributed by atoms with E-state index in [1.807, 2.05) is 0 Å². The van der Waals surface area contributed by atoms with Gasteiger partial charge in [0.2, 0.25) is 0 Å². The van der Waals surface area contributed by atoms with Crippen LogP contribution in [0.25, 0.3) is 0 Å². The summed E-state index contributed by atoms with van der Waals surface area (Å²) in [5.74, 6) is -1.55. The SMILES string of the molecule is O=C(N/N=C/[C@@H](O)[C@H]1OC(=O)[C@@H](O)[C@H]1O)c1ccncc1. The summed E-state index contributed by atoms with van der Waals surface area (Å²) in [4.78, 5) is 26.4. The van der Waals surface area contributed by atoms with Crippen LogP contribution in [0.15, 0.2) is 29.6 Å². The zero-order chi connectivity index (χ0) is 15.4. The highest BCUT2D eigenvalue weighted by molar-refractivity contribution is 5.94. The first-order valence-electron chi connectivity index (χ1n) is 5.99. The fourth-order valence-electron chi connectivity index (χ4n) is 1.69. The molecule has 9 heteroatoms. The monoisotopic (exact) mass is 295 g/mol. The van der Waals surface area contributed by atoms with Gasteiger partial charge in [-0.25, -0.2) is 10.2 Å². The van der Waals surface area contributed by atoms with E-state index in [4.69, 9.17) is 0 Å². The number of esters is 1. The number of carbonyl (C=O) groups is 2. The number of hydrazone groups is 1. The van der Waals surface area contributed by atoms with E-state index in [2.05, 4.69) is 20.2 Å². The molecule has 1 aromatic rings. The Balaban J connectivity index is 1.90. The van der Waals surface area contributed by atoms with Crippen molar-refractivity contribution in [1.82, 2.24) is 10.4 Å². The highest BCUT2D eigenvalue weighted by Gasteiger charge is 2.45. The van der Waals surface area contributed by atoms with Gasteiger partial charge in [0.15, 0.2) is 12.2 Å². The smallest absolute Gasteiger partial charge is 0.338 e. The number of hydrogen-bond donors (Lipinski definition) is 4. The van der Waals surface area contributed by atoms with E-state index >= 15 is 0 Å². The molecule has 0 radical (unpaired) electrons. The number of aromatic nitrogens is 1. The van der Waals surface area contributed by atoms with Gasteiger partial charge < -0.3 is 20.1 Å². The zero-order valence-electron chi connectivity index (χ0n) is 10.7. The third-order valence-corrected chi connectivity index (χ3v) is 2.83. The molecular weight excluding hydrogens is 282 g/mol. The van der Waals surface area contributed by atoms with Gasteiger partial charge in [0.25, 0.3) is 5.91 Å². The number of amides is 1. The number of rotatable bonds is 4. The van der Waals surface area contributed by atoms with Crippen molar-refractivity contribution in [3.8, 4) is 0 Å². The summed E-state index contributed by atoms with van der Waals surface area (Å²) < 4.78 is 4.59. The van der Waals surface area contributed by atoms with Gasteiger partial charge in [-0.3, -0.25) is 9.78 Å². The van der Waals surface area contributed by atoms with E-state index in [0.717, 1.165) is 6.21 Å². The molecule has 112 valence electrons. The Morgan fingerprint density at radius 1 is 1.43 bits per heavy atom. The fourth-order valence-corrected chi connectivity index (χ4v) is 1.69. The second kappa shape index (κ2) is 6.39. The first-order chi connectivity index (χ1) is 10.0. The lowest BCUT2D eigenvalue weighted by Crippen LogP contribution is -2.39. The summed E-state index contributed by atoms with van der Waals surface area (Å²) in [5, 5.41) is 31.8. The van der Waals surface area contributed by atoms with Gasteiger partial charge in [-0.1, -0.05) is 0 Å². The summed E-state index contributed by atoms with van der Waals surface area (Å²) in [6.45, 7) is 0. The van der Waals surface area contributed by atoms with E-state index < -0.39 is 36.3 Å². The van der Waals surface area contributed by atoms with Crippen molar-refractivity contribution in [2.24, 2.45) is 5.10 Å². The van der Waals surface area contributed by atoms with Crippen molar-refractivity contribution in [3.05, 3.63) is 30.1 Å². The molecule has 1 amide bonds. The van der Waals surface area contributed by atoms with E-state index in [1.54, 1.807) is 0 Å². The van der Waals surface area contributed by atoms with Crippen LogP contribution in [0.5, 0.6) is 0 Å². The zero-order valence-corrected chi connectivity index (χ0v) is 10.7. The van der Waals surface area contributed by atoms with Crippen molar-refractivity contribution >= 4 is 18.1 Å². The summed E-state index contributed by atoms with van der Waals surface area (Å²) in [6.07, 6.45) is -2.32. The van der Waals surface area contributed by atoms with Gasteiger partial charge >= 0.3 is 5.97 Å². The van der Waals surface area contributed by atoms with Crippen LogP contribution in [-0.4, -0.2) is 62.8 Å². The molecule has 0 bridgehead atoms. The Morgan fingerprint density at radius 3 is 2.67 bits per heavy atom. The highest BCUT2D eigenvalue weighted by Crippen LogP contribution is 2.18. The summed E-state index contributed by atoms with van der Waals surface area (Å²) in [5.41, 5.74) is 2.47. The number of nitrogens with zero attached hydrogens (tertiary/aromatic N) is 2. The summed E-state index contributed by atoms with van der Waals surface area (Å²) in [7, 11) is 0. The van der Waals surface area contributed by atoms with Crippen LogP contribution in [0.2, 0.25) is 0 Å². The van der Waals surface area contributed by atoms with Crippen LogP contribution >= 0.6 is 0 Å². The van der Waals surface area contributed by atoms with Gasteiger partial charge in [-0.2, -0.15) is 5.10 Å². The number of pyridine rings is 1. The van der Waals surface area contributed by atoms with Crippen LogP contribution in [0.3, 0.4) is 0 Å². The first-order valence-corrected chi connectivity index (χ1v) is 5.99. The molecule has 2 heterocycles. The molecule has 0 aliphatic carbocycles. The molecule has 0 aromatic carbocycles.